The SMILES string of the molecule is Nc1nc(N)c2ncn(CC3CCCCC3CO)c2n1. The minimum atomic E-state index is 0.166. The van der Waals surface area contributed by atoms with Gasteiger partial charge in [0, 0.05) is 13.2 Å². The number of hydrogen-bond donors (Lipinski definition) is 3. The zero-order valence-electron chi connectivity index (χ0n) is 11.4. The highest BCUT2D eigenvalue weighted by Gasteiger charge is 2.25. The Kier molecular flexibility index (Phi) is 3.43. The van der Waals surface area contributed by atoms with Crippen molar-refractivity contribution in [2.24, 2.45) is 11.8 Å². The molecule has 3 rings (SSSR count). The van der Waals surface area contributed by atoms with Crippen molar-refractivity contribution in [3.05, 3.63) is 6.33 Å². The molecule has 5 N–H and O–H groups in total. The van der Waals surface area contributed by atoms with Gasteiger partial charge in [0.15, 0.2) is 11.5 Å². The largest absolute Gasteiger partial charge is 0.396 e. The smallest absolute Gasteiger partial charge is 0.224 e. The molecule has 0 aliphatic heterocycles. The van der Waals surface area contributed by atoms with Crippen molar-refractivity contribution in [1.82, 2.24) is 19.5 Å². The molecule has 0 saturated heterocycles. The van der Waals surface area contributed by atoms with Crippen LogP contribution in [0, 0.1) is 11.8 Å². The van der Waals surface area contributed by atoms with E-state index in [1.165, 1.54) is 12.8 Å². The maximum absolute atomic E-state index is 9.50. The topological polar surface area (TPSA) is 116 Å². The number of rotatable bonds is 3. The van der Waals surface area contributed by atoms with E-state index in [1.807, 2.05) is 4.57 Å². The Bertz CT molecular complexity index is 610. The number of anilines is 2. The fraction of sp³-hybridized carbons (Fsp3) is 0.615. The summed E-state index contributed by atoms with van der Waals surface area (Å²) in [5.41, 5.74) is 12.7. The lowest BCUT2D eigenvalue weighted by atomic mass is 9.79. The predicted molar refractivity (Wildman–Crippen MR) is 76.7 cm³/mol. The third-order valence-corrected chi connectivity index (χ3v) is 4.24. The first kappa shape index (κ1) is 13.1. The second-order valence-electron chi connectivity index (χ2n) is 5.52. The second kappa shape index (κ2) is 5.24. The molecule has 1 saturated carbocycles. The predicted octanol–water partition coefficient (Wildman–Crippen LogP) is 0.789. The van der Waals surface area contributed by atoms with Crippen LogP contribution in [0.1, 0.15) is 25.7 Å². The molecule has 2 aromatic rings. The average Bonchev–Trinajstić information content (AvgIpc) is 2.83. The van der Waals surface area contributed by atoms with Gasteiger partial charge in [-0.2, -0.15) is 9.97 Å². The summed E-state index contributed by atoms with van der Waals surface area (Å²) in [7, 11) is 0. The number of nitrogens with two attached hydrogens (primary N) is 2. The van der Waals surface area contributed by atoms with E-state index in [0.29, 0.717) is 28.8 Å². The van der Waals surface area contributed by atoms with Crippen LogP contribution < -0.4 is 11.5 Å². The first-order valence-corrected chi connectivity index (χ1v) is 7.03. The summed E-state index contributed by atoms with van der Waals surface area (Å²) in [4.78, 5) is 12.4. The standard InChI is InChI=1S/C13H20N6O/c14-11-10-12(18-13(15)17-11)19(7-16-10)5-8-3-1-2-4-9(8)6-20/h7-9,20H,1-6H2,(H4,14,15,17,18). The van der Waals surface area contributed by atoms with E-state index in [1.54, 1.807) is 6.33 Å². The molecular formula is C13H20N6O. The van der Waals surface area contributed by atoms with E-state index in [0.717, 1.165) is 19.4 Å². The van der Waals surface area contributed by atoms with Gasteiger partial charge in [-0.25, -0.2) is 4.98 Å². The van der Waals surface area contributed by atoms with Gasteiger partial charge in [-0.1, -0.05) is 12.8 Å². The molecular weight excluding hydrogens is 256 g/mol. The molecule has 7 heteroatoms. The van der Waals surface area contributed by atoms with Crippen LogP contribution in [0.25, 0.3) is 11.2 Å². The van der Waals surface area contributed by atoms with E-state index in [2.05, 4.69) is 15.0 Å². The summed E-state index contributed by atoms with van der Waals surface area (Å²) in [6, 6.07) is 0. The van der Waals surface area contributed by atoms with Crippen molar-refractivity contribution in [3.63, 3.8) is 0 Å². The van der Waals surface area contributed by atoms with Gasteiger partial charge in [-0.3, -0.25) is 0 Å². The minimum Gasteiger partial charge on any atom is -0.396 e. The van der Waals surface area contributed by atoms with E-state index in [-0.39, 0.29) is 12.6 Å². The summed E-state index contributed by atoms with van der Waals surface area (Å²) >= 11 is 0. The first-order valence-electron chi connectivity index (χ1n) is 7.03. The van der Waals surface area contributed by atoms with Crippen molar-refractivity contribution in [1.29, 1.82) is 0 Å². The number of aliphatic hydroxyl groups excluding tert-OH is 1. The summed E-state index contributed by atoms with van der Waals surface area (Å²) < 4.78 is 1.97. The lowest BCUT2D eigenvalue weighted by Gasteiger charge is -2.30. The molecule has 0 aromatic carbocycles. The maximum atomic E-state index is 9.50. The quantitative estimate of drug-likeness (QED) is 0.763. The molecule has 20 heavy (non-hydrogen) atoms. The van der Waals surface area contributed by atoms with E-state index in [9.17, 15) is 5.11 Å². The Morgan fingerprint density at radius 3 is 2.70 bits per heavy atom. The molecule has 2 unspecified atom stereocenters. The Morgan fingerprint density at radius 1 is 1.20 bits per heavy atom. The molecule has 2 atom stereocenters. The normalized spacial score (nSPS) is 23.2. The first-order chi connectivity index (χ1) is 9.69. The van der Waals surface area contributed by atoms with Crippen LogP contribution in [0.2, 0.25) is 0 Å². The van der Waals surface area contributed by atoms with Crippen LogP contribution in [-0.4, -0.2) is 31.2 Å². The monoisotopic (exact) mass is 276 g/mol. The second-order valence-corrected chi connectivity index (χ2v) is 5.52. The van der Waals surface area contributed by atoms with Crippen LogP contribution in [0.15, 0.2) is 6.33 Å². The summed E-state index contributed by atoms with van der Waals surface area (Å²) in [5.74, 6) is 1.29. The molecule has 1 fully saturated rings. The number of hydrogen-bond acceptors (Lipinski definition) is 6. The highest BCUT2D eigenvalue weighted by molar-refractivity contribution is 5.82. The molecule has 2 heterocycles. The Balaban J connectivity index is 1.90. The zero-order chi connectivity index (χ0) is 14.1. The molecule has 0 radical (unpaired) electrons. The Morgan fingerprint density at radius 2 is 1.95 bits per heavy atom. The molecule has 0 amide bonds. The van der Waals surface area contributed by atoms with E-state index >= 15 is 0 Å². The summed E-state index contributed by atoms with van der Waals surface area (Å²) in [6.07, 6.45) is 6.37. The Labute approximate surface area is 117 Å². The molecule has 0 bridgehead atoms. The molecule has 7 nitrogen and oxygen atoms in total. The maximum Gasteiger partial charge on any atom is 0.224 e. The fourth-order valence-corrected chi connectivity index (χ4v) is 3.14. The number of aromatic nitrogens is 4. The van der Waals surface area contributed by atoms with Crippen LogP contribution in [-0.2, 0) is 6.54 Å². The Hall–Kier alpha value is -1.89. The van der Waals surface area contributed by atoms with Crippen LogP contribution in [0.3, 0.4) is 0 Å². The minimum absolute atomic E-state index is 0.166. The average molecular weight is 276 g/mol. The molecule has 108 valence electrons. The van der Waals surface area contributed by atoms with E-state index < -0.39 is 0 Å². The zero-order valence-corrected chi connectivity index (χ0v) is 11.4. The van der Waals surface area contributed by atoms with Gasteiger partial charge >= 0.3 is 0 Å². The number of nitrogens with zero attached hydrogens (tertiary/aromatic N) is 4. The molecule has 0 spiro atoms. The summed E-state index contributed by atoms with van der Waals surface area (Å²) in [6.45, 7) is 1.04. The van der Waals surface area contributed by atoms with Crippen molar-refractivity contribution < 1.29 is 5.11 Å². The van der Waals surface area contributed by atoms with Gasteiger partial charge in [0.05, 0.1) is 6.33 Å². The van der Waals surface area contributed by atoms with Gasteiger partial charge < -0.3 is 21.1 Å². The van der Waals surface area contributed by atoms with Crippen molar-refractivity contribution in [3.8, 4) is 0 Å². The van der Waals surface area contributed by atoms with Gasteiger partial charge in [-0.05, 0) is 24.7 Å². The number of imidazole rings is 1. The molecule has 2 aromatic heterocycles. The van der Waals surface area contributed by atoms with Crippen LogP contribution in [0.4, 0.5) is 11.8 Å². The fourth-order valence-electron chi connectivity index (χ4n) is 3.14. The van der Waals surface area contributed by atoms with E-state index in [4.69, 9.17) is 11.5 Å². The highest BCUT2D eigenvalue weighted by atomic mass is 16.3. The third kappa shape index (κ3) is 2.29. The van der Waals surface area contributed by atoms with Crippen LogP contribution >= 0.6 is 0 Å². The van der Waals surface area contributed by atoms with Gasteiger partial charge in [0.2, 0.25) is 5.95 Å². The third-order valence-electron chi connectivity index (χ3n) is 4.24. The lowest BCUT2D eigenvalue weighted by Crippen LogP contribution is -2.26. The number of aliphatic hydroxyl groups is 1. The summed E-state index contributed by atoms with van der Waals surface area (Å²) in [5, 5.41) is 9.50. The number of nitrogen functional groups attached to an aromatic ring is 2. The van der Waals surface area contributed by atoms with Crippen molar-refractivity contribution >= 4 is 22.9 Å². The molecule has 1 aliphatic carbocycles. The van der Waals surface area contributed by atoms with Gasteiger partial charge in [0.25, 0.3) is 0 Å². The highest BCUT2D eigenvalue weighted by Crippen LogP contribution is 2.31. The van der Waals surface area contributed by atoms with Crippen LogP contribution in [0.5, 0.6) is 0 Å². The van der Waals surface area contributed by atoms with Crippen molar-refractivity contribution in [2.75, 3.05) is 18.1 Å². The number of fused-ring (bicyclic) bond motifs is 1. The van der Waals surface area contributed by atoms with Gasteiger partial charge in [0.1, 0.15) is 5.52 Å². The molecule has 1 aliphatic rings. The van der Waals surface area contributed by atoms with Crippen molar-refractivity contribution in [2.45, 2.75) is 32.2 Å². The van der Waals surface area contributed by atoms with Gasteiger partial charge in [-0.15, -0.1) is 0 Å². The lowest BCUT2D eigenvalue weighted by molar-refractivity contribution is 0.124.